The van der Waals surface area contributed by atoms with Crippen LogP contribution in [0.4, 0.5) is 5.69 Å². The summed E-state index contributed by atoms with van der Waals surface area (Å²) in [6.45, 7) is 4.34. The highest BCUT2D eigenvalue weighted by atomic mass is 32.2. The van der Waals surface area contributed by atoms with E-state index in [1.54, 1.807) is 0 Å². The molecule has 2 heterocycles. The van der Waals surface area contributed by atoms with Crippen molar-refractivity contribution in [3.05, 3.63) is 52.3 Å². The number of fused-ring (bicyclic) bond motifs is 2. The monoisotopic (exact) mass is 443 g/mol. The molecule has 0 unspecified atom stereocenters. The van der Waals surface area contributed by atoms with E-state index in [2.05, 4.69) is 9.71 Å². The van der Waals surface area contributed by atoms with Crippen LogP contribution in [0.2, 0.25) is 0 Å². The van der Waals surface area contributed by atoms with Crippen LogP contribution >= 0.6 is 0 Å². The molecule has 4 rings (SSSR count). The van der Waals surface area contributed by atoms with Crippen molar-refractivity contribution in [2.24, 2.45) is 10.3 Å². The van der Waals surface area contributed by atoms with Gasteiger partial charge in [0.15, 0.2) is 5.84 Å². The second-order valence-electron chi connectivity index (χ2n) is 7.78. The summed E-state index contributed by atoms with van der Waals surface area (Å²) in [6, 6.07) is 7.94. The number of nitrogens with zero attached hydrogens (tertiary/aromatic N) is 2. The summed E-state index contributed by atoms with van der Waals surface area (Å²) in [5, 5.41) is 33.4. The van der Waals surface area contributed by atoms with Crippen LogP contribution in [0.1, 0.15) is 25.8 Å². The number of aromatic nitrogens is 1. The van der Waals surface area contributed by atoms with E-state index in [9.17, 15) is 28.5 Å². The predicted molar refractivity (Wildman–Crippen MR) is 116 cm³/mol. The number of sulfonamides is 1. The Morgan fingerprint density at radius 2 is 1.74 bits per heavy atom. The van der Waals surface area contributed by atoms with Crippen LogP contribution in [0.15, 0.2) is 50.5 Å². The molecule has 162 valence electrons. The summed E-state index contributed by atoms with van der Waals surface area (Å²) >= 11 is 0. The number of anilines is 1. The smallest absolute Gasteiger partial charge is 0.286 e. The third kappa shape index (κ3) is 3.59. The molecule has 0 amide bonds. The molecule has 9 nitrogen and oxygen atoms in total. The van der Waals surface area contributed by atoms with E-state index < -0.39 is 21.3 Å². The molecule has 10 heteroatoms. The maximum atomic E-state index is 13.4. The molecule has 2 aromatic carbocycles. The molecule has 0 bridgehead atoms. The number of nitrogens with one attached hydrogen (secondary N) is 1. The topological polar surface area (TPSA) is 141 Å². The van der Waals surface area contributed by atoms with Gasteiger partial charge in [-0.05, 0) is 42.7 Å². The predicted octanol–water partition coefficient (Wildman–Crippen LogP) is 2.73. The van der Waals surface area contributed by atoms with Gasteiger partial charge >= 0.3 is 0 Å². The van der Waals surface area contributed by atoms with Crippen molar-refractivity contribution in [3.8, 4) is 17.2 Å². The first-order valence-corrected chi connectivity index (χ1v) is 11.1. The minimum Gasteiger partial charge on any atom is -0.508 e. The van der Waals surface area contributed by atoms with E-state index in [-0.39, 0.29) is 38.9 Å². The van der Waals surface area contributed by atoms with Crippen LogP contribution in [0.25, 0.3) is 10.9 Å². The summed E-state index contributed by atoms with van der Waals surface area (Å²) in [7, 11) is -4.24. The molecule has 0 spiro atoms. The maximum Gasteiger partial charge on any atom is 0.286 e. The molecule has 3 aromatic rings. The number of rotatable bonds is 4. The molecular formula is C21H21N3O6S. The van der Waals surface area contributed by atoms with Crippen LogP contribution in [0.3, 0.4) is 0 Å². The first-order chi connectivity index (χ1) is 14.6. The normalized spacial score (nSPS) is 14.9. The summed E-state index contributed by atoms with van der Waals surface area (Å²) in [5.74, 6) is -0.886. The average Bonchev–Trinajstić information content (AvgIpc) is 2.68. The third-order valence-electron chi connectivity index (χ3n) is 5.10. The Labute approximate surface area is 178 Å². The Balaban J connectivity index is 1.99. The fourth-order valence-corrected chi connectivity index (χ4v) is 4.65. The molecule has 1 aliphatic rings. The Hall–Kier alpha value is -3.53. The standard InChI is InChI=1S/C21H21N3O6S/c1-11(2)7-8-24-16-6-4-12(25)9-14(16)19(27)18(21(24)28)20-22-15-5-3-13(26)10-17(15)31(29,30)23-20/h3-6,9-11,25-27H,7-8H2,1-2H3,(H,22,23). The number of phenols is 2. The zero-order chi connectivity index (χ0) is 22.5. The molecular weight excluding hydrogens is 422 g/mol. The van der Waals surface area contributed by atoms with Crippen molar-refractivity contribution in [3.63, 3.8) is 0 Å². The molecule has 4 N–H and O–H groups in total. The van der Waals surface area contributed by atoms with Crippen LogP contribution in [0, 0.1) is 5.92 Å². The molecule has 31 heavy (non-hydrogen) atoms. The second kappa shape index (κ2) is 7.31. The zero-order valence-electron chi connectivity index (χ0n) is 16.8. The van der Waals surface area contributed by atoms with Crippen molar-refractivity contribution in [1.29, 1.82) is 0 Å². The number of phenolic OH excluding ortho intramolecular Hbond substituents is 2. The lowest BCUT2D eigenvalue weighted by atomic mass is 10.1. The molecule has 1 aliphatic heterocycles. The highest BCUT2D eigenvalue weighted by molar-refractivity contribution is 7.90. The van der Waals surface area contributed by atoms with Crippen LogP contribution in [-0.4, -0.2) is 34.1 Å². The summed E-state index contributed by atoms with van der Waals surface area (Å²) in [4.78, 5) is 13.1. The largest absolute Gasteiger partial charge is 0.508 e. The number of hydrogen-bond acceptors (Lipinski definition) is 7. The van der Waals surface area contributed by atoms with Crippen LogP contribution in [-0.2, 0) is 16.6 Å². The van der Waals surface area contributed by atoms with Gasteiger partial charge in [0.05, 0.1) is 11.2 Å². The second-order valence-corrected chi connectivity index (χ2v) is 9.36. The average molecular weight is 443 g/mol. The van der Waals surface area contributed by atoms with Crippen molar-refractivity contribution >= 4 is 32.4 Å². The zero-order valence-corrected chi connectivity index (χ0v) is 17.6. The van der Waals surface area contributed by atoms with Gasteiger partial charge in [0.25, 0.3) is 15.6 Å². The lowest BCUT2D eigenvalue weighted by Crippen LogP contribution is -2.33. The van der Waals surface area contributed by atoms with Gasteiger partial charge in [0.1, 0.15) is 27.7 Å². The van der Waals surface area contributed by atoms with Crippen molar-refractivity contribution in [2.45, 2.75) is 31.7 Å². The van der Waals surface area contributed by atoms with Crippen molar-refractivity contribution < 1.29 is 23.7 Å². The fourth-order valence-electron chi connectivity index (χ4n) is 3.51. The number of aromatic hydroxyl groups is 3. The van der Waals surface area contributed by atoms with Crippen molar-refractivity contribution in [2.75, 3.05) is 5.32 Å². The summed E-state index contributed by atoms with van der Waals surface area (Å²) < 4.78 is 30.5. The molecule has 0 saturated carbocycles. The number of hydrogen-bond donors (Lipinski definition) is 4. The van der Waals surface area contributed by atoms with Gasteiger partial charge in [-0.15, -0.1) is 4.40 Å². The van der Waals surface area contributed by atoms with E-state index in [1.807, 2.05) is 13.8 Å². The minimum absolute atomic E-state index is 0.116. The Morgan fingerprint density at radius 3 is 2.45 bits per heavy atom. The van der Waals surface area contributed by atoms with Crippen molar-refractivity contribution in [1.82, 2.24) is 4.57 Å². The van der Waals surface area contributed by atoms with Gasteiger partial charge < -0.3 is 25.2 Å². The van der Waals surface area contributed by atoms with E-state index >= 15 is 0 Å². The fraction of sp³-hybridized carbons (Fsp3) is 0.238. The maximum absolute atomic E-state index is 13.4. The molecule has 0 fully saturated rings. The first-order valence-electron chi connectivity index (χ1n) is 9.62. The SMILES string of the molecule is CC(C)CCn1c(=O)c(C2=NS(=O)(=O)c3cc(O)ccc3N2)c(O)c2cc(O)ccc21. The van der Waals surface area contributed by atoms with Crippen LogP contribution < -0.4 is 10.9 Å². The first kappa shape index (κ1) is 20.7. The number of aryl methyl sites for hydroxylation is 1. The van der Waals surface area contributed by atoms with E-state index in [0.29, 0.717) is 24.4 Å². The molecule has 0 radical (unpaired) electrons. The highest BCUT2D eigenvalue weighted by Gasteiger charge is 2.30. The van der Waals surface area contributed by atoms with E-state index in [1.165, 1.54) is 34.9 Å². The summed E-state index contributed by atoms with van der Waals surface area (Å²) in [6.07, 6.45) is 0.667. The molecule has 0 aliphatic carbocycles. The van der Waals surface area contributed by atoms with Crippen LogP contribution in [0.5, 0.6) is 17.2 Å². The summed E-state index contributed by atoms with van der Waals surface area (Å²) in [5.41, 5.74) is -0.398. The van der Waals surface area contributed by atoms with Gasteiger partial charge in [0.2, 0.25) is 0 Å². The number of benzene rings is 2. The van der Waals surface area contributed by atoms with Gasteiger partial charge in [-0.25, -0.2) is 0 Å². The van der Waals surface area contributed by atoms with Gasteiger partial charge in [-0.2, -0.15) is 8.42 Å². The van der Waals surface area contributed by atoms with Gasteiger partial charge in [-0.3, -0.25) is 4.79 Å². The number of pyridine rings is 1. The van der Waals surface area contributed by atoms with Gasteiger partial charge in [-0.1, -0.05) is 13.8 Å². The third-order valence-corrected chi connectivity index (χ3v) is 6.41. The lowest BCUT2D eigenvalue weighted by Gasteiger charge is -2.21. The molecule has 1 aromatic heterocycles. The minimum atomic E-state index is -4.24. The van der Waals surface area contributed by atoms with Gasteiger partial charge in [0, 0.05) is 18.0 Å². The number of amidine groups is 1. The Bertz CT molecular complexity index is 1410. The quantitative estimate of drug-likeness (QED) is 0.454. The van der Waals surface area contributed by atoms with E-state index in [0.717, 1.165) is 6.07 Å². The Morgan fingerprint density at radius 1 is 1.06 bits per heavy atom. The molecule has 0 saturated heterocycles. The molecule has 0 atom stereocenters. The van der Waals surface area contributed by atoms with E-state index in [4.69, 9.17) is 0 Å². The Kier molecular flexibility index (Phi) is 4.89. The lowest BCUT2D eigenvalue weighted by molar-refractivity contribution is 0.467. The highest BCUT2D eigenvalue weighted by Crippen LogP contribution is 2.35.